The van der Waals surface area contributed by atoms with E-state index in [9.17, 15) is 4.39 Å². The Bertz CT molecular complexity index is 1030. The maximum atomic E-state index is 13.5. The Morgan fingerprint density at radius 1 is 1.10 bits per heavy atom. The SMILES string of the molecule is Fc1ccc(Nc2ncnc3cc(OCCBr)c(OCC4CCCC4)cc23)cc1Cl. The highest BCUT2D eigenvalue weighted by Crippen LogP contribution is 2.36. The minimum absolute atomic E-state index is 0.0457. The predicted molar refractivity (Wildman–Crippen MR) is 121 cm³/mol. The first kappa shape index (κ1) is 21.1. The first-order valence-electron chi connectivity index (χ1n) is 9.96. The molecule has 8 heteroatoms. The van der Waals surface area contributed by atoms with E-state index in [0.29, 0.717) is 42.1 Å². The quantitative estimate of drug-likeness (QED) is 0.362. The van der Waals surface area contributed by atoms with Gasteiger partial charge in [-0.2, -0.15) is 0 Å². The van der Waals surface area contributed by atoms with E-state index in [1.54, 1.807) is 6.07 Å². The number of fused-ring (bicyclic) bond motifs is 1. The van der Waals surface area contributed by atoms with Crippen LogP contribution >= 0.6 is 27.5 Å². The highest BCUT2D eigenvalue weighted by Gasteiger charge is 2.18. The van der Waals surface area contributed by atoms with Gasteiger partial charge in [0.2, 0.25) is 0 Å². The molecular weight excluding hydrogens is 473 g/mol. The summed E-state index contributed by atoms with van der Waals surface area (Å²) in [5.74, 6) is 2.03. The fourth-order valence-corrected chi connectivity index (χ4v) is 3.98. The molecule has 1 heterocycles. The van der Waals surface area contributed by atoms with Gasteiger partial charge in [0.05, 0.1) is 23.8 Å². The van der Waals surface area contributed by atoms with Gasteiger partial charge in [-0.05, 0) is 43.0 Å². The average Bonchev–Trinajstić information content (AvgIpc) is 3.27. The molecule has 5 nitrogen and oxygen atoms in total. The molecule has 0 radical (unpaired) electrons. The number of aromatic nitrogens is 2. The molecule has 1 saturated carbocycles. The van der Waals surface area contributed by atoms with Gasteiger partial charge in [-0.15, -0.1) is 0 Å². The molecule has 158 valence electrons. The van der Waals surface area contributed by atoms with Crippen molar-refractivity contribution in [3.63, 3.8) is 0 Å². The first-order chi connectivity index (χ1) is 14.6. The zero-order valence-electron chi connectivity index (χ0n) is 16.3. The number of alkyl halides is 1. The number of rotatable bonds is 8. The average molecular weight is 495 g/mol. The van der Waals surface area contributed by atoms with E-state index in [4.69, 9.17) is 21.1 Å². The summed E-state index contributed by atoms with van der Waals surface area (Å²) < 4.78 is 25.5. The van der Waals surface area contributed by atoms with E-state index in [-0.39, 0.29) is 5.02 Å². The van der Waals surface area contributed by atoms with Crippen LogP contribution in [0.5, 0.6) is 11.5 Å². The lowest BCUT2D eigenvalue weighted by molar-refractivity contribution is 0.235. The van der Waals surface area contributed by atoms with Crippen molar-refractivity contribution in [2.75, 3.05) is 23.9 Å². The molecule has 0 bridgehead atoms. The minimum atomic E-state index is -0.467. The lowest BCUT2D eigenvalue weighted by Gasteiger charge is -2.17. The van der Waals surface area contributed by atoms with E-state index < -0.39 is 5.82 Å². The van der Waals surface area contributed by atoms with Crippen molar-refractivity contribution in [1.29, 1.82) is 0 Å². The lowest BCUT2D eigenvalue weighted by Crippen LogP contribution is -2.10. The second-order valence-corrected chi connectivity index (χ2v) is 8.49. The molecule has 1 aliphatic rings. The maximum absolute atomic E-state index is 13.5. The second-order valence-electron chi connectivity index (χ2n) is 7.29. The fraction of sp³-hybridized carbons (Fsp3) is 0.364. The normalized spacial score (nSPS) is 14.2. The van der Waals surface area contributed by atoms with Gasteiger partial charge in [-0.3, -0.25) is 0 Å². The largest absolute Gasteiger partial charge is 0.489 e. The molecule has 0 unspecified atom stereocenters. The summed E-state index contributed by atoms with van der Waals surface area (Å²) in [6.45, 7) is 1.19. The zero-order valence-corrected chi connectivity index (χ0v) is 18.7. The van der Waals surface area contributed by atoms with E-state index >= 15 is 0 Å². The molecule has 1 fully saturated rings. The second kappa shape index (κ2) is 9.79. The summed E-state index contributed by atoms with van der Waals surface area (Å²) in [4.78, 5) is 8.74. The van der Waals surface area contributed by atoms with Gasteiger partial charge in [-0.1, -0.05) is 40.4 Å². The predicted octanol–water partition coefficient (Wildman–Crippen LogP) is 6.51. The van der Waals surface area contributed by atoms with Crippen molar-refractivity contribution < 1.29 is 13.9 Å². The van der Waals surface area contributed by atoms with Gasteiger partial charge in [0.1, 0.15) is 18.0 Å². The number of ether oxygens (including phenoxy) is 2. The Balaban J connectivity index is 1.66. The minimum Gasteiger partial charge on any atom is -0.489 e. The molecule has 3 aromatic rings. The van der Waals surface area contributed by atoms with Crippen molar-refractivity contribution in [3.8, 4) is 11.5 Å². The summed E-state index contributed by atoms with van der Waals surface area (Å²) in [7, 11) is 0. The molecule has 0 spiro atoms. The smallest absolute Gasteiger partial charge is 0.163 e. The summed E-state index contributed by atoms with van der Waals surface area (Å²) in [6, 6.07) is 8.22. The first-order valence-corrected chi connectivity index (χ1v) is 11.5. The summed E-state index contributed by atoms with van der Waals surface area (Å²) in [5, 5.41) is 4.74. The topological polar surface area (TPSA) is 56.3 Å². The Hall–Kier alpha value is -2.12. The van der Waals surface area contributed by atoms with Crippen LogP contribution in [0.2, 0.25) is 5.02 Å². The molecule has 1 N–H and O–H groups in total. The van der Waals surface area contributed by atoms with Crippen LogP contribution in [0.4, 0.5) is 15.9 Å². The number of hydrogen-bond acceptors (Lipinski definition) is 5. The molecule has 0 aliphatic heterocycles. The molecule has 30 heavy (non-hydrogen) atoms. The third kappa shape index (κ3) is 4.95. The van der Waals surface area contributed by atoms with Crippen molar-refractivity contribution >= 4 is 49.9 Å². The number of hydrogen-bond donors (Lipinski definition) is 1. The van der Waals surface area contributed by atoms with Crippen LogP contribution in [0.1, 0.15) is 25.7 Å². The van der Waals surface area contributed by atoms with E-state index in [2.05, 4.69) is 31.2 Å². The number of nitrogens with zero attached hydrogens (tertiary/aromatic N) is 2. The van der Waals surface area contributed by atoms with Crippen LogP contribution < -0.4 is 14.8 Å². The highest BCUT2D eigenvalue weighted by molar-refractivity contribution is 9.09. The van der Waals surface area contributed by atoms with Crippen molar-refractivity contribution in [3.05, 3.63) is 47.5 Å². The monoisotopic (exact) mass is 493 g/mol. The number of anilines is 2. The van der Waals surface area contributed by atoms with Gasteiger partial charge in [0.25, 0.3) is 0 Å². The summed E-state index contributed by atoms with van der Waals surface area (Å²) >= 11 is 9.30. The molecule has 1 aromatic heterocycles. The fourth-order valence-electron chi connectivity index (χ4n) is 3.63. The summed E-state index contributed by atoms with van der Waals surface area (Å²) in [6.07, 6.45) is 6.41. The van der Waals surface area contributed by atoms with Crippen LogP contribution in [-0.2, 0) is 0 Å². The molecule has 4 rings (SSSR count). The number of halogens is 3. The van der Waals surface area contributed by atoms with Gasteiger partial charge < -0.3 is 14.8 Å². The maximum Gasteiger partial charge on any atom is 0.163 e. The van der Waals surface area contributed by atoms with E-state index in [1.807, 2.05) is 12.1 Å². The summed E-state index contributed by atoms with van der Waals surface area (Å²) in [5.41, 5.74) is 1.35. The third-order valence-electron chi connectivity index (χ3n) is 5.17. The molecule has 1 aliphatic carbocycles. The Labute approximate surface area is 188 Å². The third-order valence-corrected chi connectivity index (χ3v) is 5.78. The van der Waals surface area contributed by atoms with Crippen LogP contribution in [-0.4, -0.2) is 28.5 Å². The van der Waals surface area contributed by atoms with Gasteiger partial charge >= 0.3 is 0 Å². The van der Waals surface area contributed by atoms with Gasteiger partial charge in [-0.25, -0.2) is 14.4 Å². The van der Waals surface area contributed by atoms with Crippen LogP contribution in [0.25, 0.3) is 10.9 Å². The standard InChI is InChI=1S/C22H22BrClFN3O2/c23-7-8-29-21-11-19-16(10-20(21)30-12-14-3-1-2-4-14)22(27-13-26-19)28-15-5-6-18(25)17(24)9-15/h5-6,9-11,13-14H,1-4,7-8,12H2,(H,26,27,28). The Kier molecular flexibility index (Phi) is 6.89. The van der Waals surface area contributed by atoms with Crippen LogP contribution in [0.15, 0.2) is 36.7 Å². The van der Waals surface area contributed by atoms with E-state index in [1.165, 1.54) is 44.1 Å². The van der Waals surface area contributed by atoms with Gasteiger partial charge in [0, 0.05) is 22.5 Å². The molecule has 0 amide bonds. The number of benzene rings is 2. The van der Waals surface area contributed by atoms with Crippen molar-refractivity contribution in [2.24, 2.45) is 5.92 Å². The van der Waals surface area contributed by atoms with Crippen LogP contribution in [0.3, 0.4) is 0 Å². The van der Waals surface area contributed by atoms with Gasteiger partial charge in [0.15, 0.2) is 11.5 Å². The van der Waals surface area contributed by atoms with Crippen molar-refractivity contribution in [2.45, 2.75) is 25.7 Å². The Morgan fingerprint density at radius 2 is 1.90 bits per heavy atom. The number of nitrogens with one attached hydrogen (secondary N) is 1. The van der Waals surface area contributed by atoms with E-state index in [0.717, 1.165) is 16.2 Å². The molecule has 2 aromatic carbocycles. The van der Waals surface area contributed by atoms with Crippen LogP contribution in [0, 0.1) is 11.7 Å². The Morgan fingerprint density at radius 3 is 2.67 bits per heavy atom. The zero-order chi connectivity index (χ0) is 20.9. The van der Waals surface area contributed by atoms with Crippen molar-refractivity contribution in [1.82, 2.24) is 9.97 Å². The lowest BCUT2D eigenvalue weighted by atomic mass is 10.1. The molecule has 0 atom stereocenters. The molecule has 0 saturated heterocycles. The molecular formula is C22H22BrClFN3O2. The highest BCUT2D eigenvalue weighted by atomic mass is 79.9.